The number of hydrogen-bond donors (Lipinski definition) is 2. The van der Waals surface area contributed by atoms with Crippen molar-refractivity contribution in [2.75, 3.05) is 26.2 Å². The highest BCUT2D eigenvalue weighted by Crippen LogP contribution is 2.37. The van der Waals surface area contributed by atoms with Crippen molar-refractivity contribution in [1.29, 1.82) is 0 Å². The van der Waals surface area contributed by atoms with E-state index in [0.29, 0.717) is 25.2 Å². The highest BCUT2D eigenvalue weighted by atomic mass is 19.1. The number of allylic oxidation sites excluding steroid dienone is 1. The predicted octanol–water partition coefficient (Wildman–Crippen LogP) is 0.498. The number of nitrogens with one attached hydrogen (secondary N) is 1. The van der Waals surface area contributed by atoms with Crippen LogP contribution in [-0.4, -0.2) is 75.8 Å². The fourth-order valence-electron chi connectivity index (χ4n) is 5.13. The number of hydrogen-bond acceptors (Lipinski definition) is 6. The molecule has 164 valence electrons. The van der Waals surface area contributed by atoms with Crippen LogP contribution in [0.25, 0.3) is 0 Å². The van der Waals surface area contributed by atoms with Crippen LogP contribution in [0.2, 0.25) is 0 Å². The molecular weight excluding hydrogens is 410 g/mol. The maximum atomic E-state index is 13.8. The Morgan fingerprint density at radius 2 is 2.00 bits per heavy atom. The third-order valence-electron chi connectivity index (χ3n) is 6.70. The molecule has 0 bridgehead atoms. The first-order valence-corrected chi connectivity index (χ1v) is 10.4. The Balaban J connectivity index is 1.33. The molecule has 2 N–H and O–H groups in total. The molecule has 4 aliphatic rings. The Bertz CT molecular complexity index is 1010. The zero-order chi connectivity index (χ0) is 21.9. The molecule has 1 aromatic carbocycles. The van der Waals surface area contributed by atoms with E-state index in [-0.39, 0.29) is 36.4 Å². The minimum absolute atomic E-state index is 0.0372. The SMILES string of the molecule is O=C(NCc1ccc(F)cc1F)C1CN2C[C@@H]3N(C[C@@H]4CCCN43)C(=O)C2=C(O)C1=O. The maximum absolute atomic E-state index is 13.8. The van der Waals surface area contributed by atoms with Gasteiger partial charge in [-0.2, -0.15) is 0 Å². The lowest BCUT2D eigenvalue weighted by Crippen LogP contribution is -2.60. The van der Waals surface area contributed by atoms with Gasteiger partial charge in [-0.25, -0.2) is 8.78 Å². The monoisotopic (exact) mass is 432 g/mol. The quantitative estimate of drug-likeness (QED) is 0.676. The molecule has 3 fully saturated rings. The average Bonchev–Trinajstić information content (AvgIpc) is 3.32. The molecule has 0 saturated carbocycles. The number of aliphatic hydroxyl groups is 1. The molecule has 5 rings (SSSR count). The number of piperazine rings is 1. The summed E-state index contributed by atoms with van der Waals surface area (Å²) in [5.41, 5.74) is 0.0318. The topological polar surface area (TPSA) is 93.2 Å². The summed E-state index contributed by atoms with van der Waals surface area (Å²) in [6.45, 7) is 1.62. The zero-order valence-corrected chi connectivity index (χ0v) is 16.7. The lowest BCUT2D eigenvalue weighted by molar-refractivity contribution is -0.143. The third-order valence-corrected chi connectivity index (χ3v) is 6.70. The Kier molecular flexibility index (Phi) is 4.69. The van der Waals surface area contributed by atoms with Crippen LogP contribution in [0.1, 0.15) is 18.4 Å². The number of ketones is 1. The second-order valence-electron chi connectivity index (χ2n) is 8.44. The number of nitrogens with zero attached hydrogens (tertiary/aromatic N) is 3. The van der Waals surface area contributed by atoms with Gasteiger partial charge in [0.2, 0.25) is 11.7 Å². The summed E-state index contributed by atoms with van der Waals surface area (Å²) in [6, 6.07) is 3.30. The second-order valence-corrected chi connectivity index (χ2v) is 8.44. The summed E-state index contributed by atoms with van der Waals surface area (Å²) in [7, 11) is 0. The highest BCUT2D eigenvalue weighted by molar-refractivity contribution is 6.13. The van der Waals surface area contributed by atoms with E-state index in [9.17, 15) is 28.3 Å². The van der Waals surface area contributed by atoms with Crippen molar-refractivity contribution in [2.24, 2.45) is 5.92 Å². The molecule has 0 radical (unpaired) electrons. The van der Waals surface area contributed by atoms with Crippen LogP contribution in [0, 0.1) is 17.6 Å². The highest BCUT2D eigenvalue weighted by Gasteiger charge is 2.52. The fraction of sp³-hybridized carbons (Fsp3) is 0.476. The van der Waals surface area contributed by atoms with Crippen LogP contribution in [0.15, 0.2) is 29.7 Å². The van der Waals surface area contributed by atoms with Gasteiger partial charge >= 0.3 is 0 Å². The molecule has 8 nitrogen and oxygen atoms in total. The number of amides is 2. The van der Waals surface area contributed by atoms with Gasteiger partial charge in [-0.05, 0) is 18.9 Å². The first-order valence-electron chi connectivity index (χ1n) is 10.4. The first-order chi connectivity index (χ1) is 14.8. The zero-order valence-electron chi connectivity index (χ0n) is 16.7. The standard InChI is InChI=1S/C21H22F2N4O4/c22-12-4-3-11(15(23)6-12)7-24-20(30)14-9-25-10-16-26-5-1-2-13(26)8-27(16)21(31)17(25)19(29)18(14)28/h3-4,6,13-14,16,29H,1-2,5,7-10H2,(H,24,30)/t13-,14?,16-/m0/s1. The summed E-state index contributed by atoms with van der Waals surface area (Å²) < 4.78 is 26.9. The van der Waals surface area contributed by atoms with Gasteiger partial charge in [-0.15, -0.1) is 0 Å². The molecule has 31 heavy (non-hydrogen) atoms. The molecule has 1 aromatic rings. The van der Waals surface area contributed by atoms with Crippen molar-refractivity contribution in [3.63, 3.8) is 0 Å². The molecule has 0 aromatic heterocycles. The molecule has 2 amide bonds. The van der Waals surface area contributed by atoms with Crippen LogP contribution in [-0.2, 0) is 20.9 Å². The van der Waals surface area contributed by atoms with Crippen LogP contribution in [0.3, 0.4) is 0 Å². The number of Topliss-reactive ketones (excluding diaryl/α,β-unsaturated/α-hetero) is 1. The van der Waals surface area contributed by atoms with Crippen molar-refractivity contribution in [3.05, 3.63) is 46.9 Å². The van der Waals surface area contributed by atoms with Gasteiger partial charge in [0.25, 0.3) is 5.91 Å². The van der Waals surface area contributed by atoms with Crippen LogP contribution in [0.5, 0.6) is 0 Å². The predicted molar refractivity (Wildman–Crippen MR) is 103 cm³/mol. The number of carbonyl (C=O) groups is 3. The van der Waals surface area contributed by atoms with Gasteiger partial charge in [-0.1, -0.05) is 6.07 Å². The summed E-state index contributed by atoms with van der Waals surface area (Å²) >= 11 is 0. The molecule has 10 heteroatoms. The summed E-state index contributed by atoms with van der Waals surface area (Å²) in [4.78, 5) is 43.9. The van der Waals surface area contributed by atoms with E-state index in [1.165, 1.54) is 6.07 Å². The smallest absolute Gasteiger partial charge is 0.275 e. The molecule has 3 atom stereocenters. The number of fused-ring (bicyclic) bond motifs is 4. The number of carbonyl (C=O) groups excluding carboxylic acids is 3. The minimum atomic E-state index is -1.22. The lowest BCUT2D eigenvalue weighted by Gasteiger charge is -2.44. The fourth-order valence-corrected chi connectivity index (χ4v) is 5.13. The lowest BCUT2D eigenvalue weighted by atomic mass is 9.93. The van der Waals surface area contributed by atoms with E-state index >= 15 is 0 Å². The number of halogens is 2. The normalized spacial score (nSPS) is 28.0. The third kappa shape index (κ3) is 3.16. The molecule has 4 heterocycles. The molecule has 1 unspecified atom stereocenters. The van der Waals surface area contributed by atoms with E-state index in [0.717, 1.165) is 25.5 Å². The van der Waals surface area contributed by atoms with Crippen molar-refractivity contribution < 1.29 is 28.3 Å². The van der Waals surface area contributed by atoms with Crippen LogP contribution >= 0.6 is 0 Å². The summed E-state index contributed by atoms with van der Waals surface area (Å²) in [5.74, 6) is -5.34. The summed E-state index contributed by atoms with van der Waals surface area (Å²) in [5, 5.41) is 13.0. The van der Waals surface area contributed by atoms with E-state index in [1.54, 1.807) is 9.80 Å². The van der Waals surface area contributed by atoms with Gasteiger partial charge in [-0.3, -0.25) is 19.3 Å². The number of benzene rings is 1. The Morgan fingerprint density at radius 1 is 1.19 bits per heavy atom. The van der Waals surface area contributed by atoms with E-state index in [2.05, 4.69) is 10.2 Å². The van der Waals surface area contributed by atoms with Gasteiger partial charge in [0.1, 0.15) is 29.4 Å². The Morgan fingerprint density at radius 3 is 2.77 bits per heavy atom. The number of aliphatic hydroxyl groups excluding tert-OH is 1. The molecule has 0 spiro atoms. The van der Waals surface area contributed by atoms with Crippen molar-refractivity contribution >= 4 is 17.6 Å². The van der Waals surface area contributed by atoms with Crippen molar-refractivity contribution in [2.45, 2.75) is 31.6 Å². The Hall–Kier alpha value is -3.01. The van der Waals surface area contributed by atoms with Gasteiger partial charge < -0.3 is 20.2 Å². The van der Waals surface area contributed by atoms with E-state index in [4.69, 9.17) is 0 Å². The summed E-state index contributed by atoms with van der Waals surface area (Å²) in [6.07, 6.45) is 1.94. The van der Waals surface area contributed by atoms with Crippen LogP contribution in [0.4, 0.5) is 8.78 Å². The number of rotatable bonds is 3. The van der Waals surface area contributed by atoms with Gasteiger partial charge in [0.05, 0.1) is 6.54 Å². The molecule has 4 aliphatic heterocycles. The second kappa shape index (κ2) is 7.30. The van der Waals surface area contributed by atoms with Crippen molar-refractivity contribution in [3.8, 4) is 0 Å². The van der Waals surface area contributed by atoms with Crippen molar-refractivity contribution in [1.82, 2.24) is 20.0 Å². The minimum Gasteiger partial charge on any atom is -0.503 e. The molecule has 3 saturated heterocycles. The van der Waals surface area contributed by atoms with E-state index < -0.39 is 35.0 Å². The van der Waals surface area contributed by atoms with Crippen LogP contribution < -0.4 is 5.32 Å². The van der Waals surface area contributed by atoms with Gasteiger partial charge in [0.15, 0.2) is 5.76 Å². The Labute approximate surface area is 177 Å². The largest absolute Gasteiger partial charge is 0.503 e. The van der Waals surface area contributed by atoms with Gasteiger partial charge in [0, 0.05) is 43.9 Å². The molecular formula is C21H22F2N4O4. The average molecular weight is 432 g/mol. The maximum Gasteiger partial charge on any atom is 0.275 e. The molecule has 0 aliphatic carbocycles. The first kappa shape index (κ1) is 19.9. The van der Waals surface area contributed by atoms with E-state index in [1.807, 2.05) is 0 Å².